The van der Waals surface area contributed by atoms with E-state index in [1.807, 2.05) is 44.3 Å². The Labute approximate surface area is 148 Å². The number of halogens is 1. The number of nitrogens with one attached hydrogen (secondary N) is 1. The molecule has 0 aliphatic heterocycles. The first-order valence-electron chi connectivity index (χ1n) is 7.98. The van der Waals surface area contributed by atoms with Gasteiger partial charge in [-0.15, -0.1) is 0 Å². The van der Waals surface area contributed by atoms with E-state index in [4.69, 9.17) is 16.3 Å². The first kappa shape index (κ1) is 18.1. The second kappa shape index (κ2) is 9.18. The highest BCUT2D eigenvalue weighted by Gasteiger charge is 2.06. The van der Waals surface area contributed by atoms with E-state index >= 15 is 0 Å². The molecule has 0 aliphatic rings. The molecule has 2 rings (SSSR count). The summed E-state index contributed by atoms with van der Waals surface area (Å²) >= 11 is 6.04. The number of amides is 1. The number of carbonyl (C=O) groups is 1. The van der Waals surface area contributed by atoms with E-state index in [0.717, 1.165) is 18.5 Å². The molecule has 1 amide bonds. The third-order valence-electron chi connectivity index (χ3n) is 3.63. The quantitative estimate of drug-likeness (QED) is 0.741. The molecule has 0 bridgehead atoms. The van der Waals surface area contributed by atoms with Crippen molar-refractivity contribution in [2.75, 3.05) is 31.6 Å². The maximum atomic E-state index is 11.8. The summed E-state index contributed by atoms with van der Waals surface area (Å²) in [7, 11) is 2.04. The van der Waals surface area contributed by atoms with Gasteiger partial charge in [-0.3, -0.25) is 4.79 Å². The van der Waals surface area contributed by atoms with Gasteiger partial charge in [-0.05, 0) is 43.2 Å². The van der Waals surface area contributed by atoms with Crippen molar-refractivity contribution in [3.05, 3.63) is 59.1 Å². The van der Waals surface area contributed by atoms with Crippen LogP contribution in [0.15, 0.2) is 48.5 Å². The van der Waals surface area contributed by atoms with Crippen molar-refractivity contribution in [1.82, 2.24) is 5.32 Å². The third kappa shape index (κ3) is 5.78. The lowest BCUT2D eigenvalue weighted by molar-refractivity contribution is -0.123. The fraction of sp³-hybridized carbons (Fsp3) is 0.316. The van der Waals surface area contributed by atoms with E-state index < -0.39 is 0 Å². The molecule has 0 unspecified atom stereocenters. The van der Waals surface area contributed by atoms with Gasteiger partial charge in [0.05, 0.1) is 5.02 Å². The van der Waals surface area contributed by atoms with Crippen LogP contribution in [0.4, 0.5) is 5.69 Å². The second-order valence-electron chi connectivity index (χ2n) is 5.68. The highest BCUT2D eigenvalue weighted by Crippen LogP contribution is 2.24. The molecule has 0 saturated carbocycles. The Morgan fingerprint density at radius 1 is 1.21 bits per heavy atom. The summed E-state index contributed by atoms with van der Waals surface area (Å²) in [5, 5.41) is 3.37. The van der Waals surface area contributed by atoms with Crippen molar-refractivity contribution in [1.29, 1.82) is 0 Å². The van der Waals surface area contributed by atoms with Crippen LogP contribution in [0.5, 0.6) is 5.75 Å². The molecular weight excluding hydrogens is 324 g/mol. The van der Waals surface area contributed by atoms with Crippen molar-refractivity contribution in [3.63, 3.8) is 0 Å². The summed E-state index contributed by atoms with van der Waals surface area (Å²) in [4.78, 5) is 14.0. The van der Waals surface area contributed by atoms with Gasteiger partial charge in [-0.1, -0.05) is 35.9 Å². The van der Waals surface area contributed by atoms with Crippen LogP contribution >= 0.6 is 11.6 Å². The fourth-order valence-electron chi connectivity index (χ4n) is 2.27. The van der Waals surface area contributed by atoms with Gasteiger partial charge in [0.1, 0.15) is 5.75 Å². The molecule has 0 radical (unpaired) electrons. The number of anilines is 1. The van der Waals surface area contributed by atoms with Crippen LogP contribution in [0.3, 0.4) is 0 Å². The monoisotopic (exact) mass is 346 g/mol. The number of nitrogens with zero attached hydrogens (tertiary/aromatic N) is 1. The molecule has 4 nitrogen and oxygen atoms in total. The van der Waals surface area contributed by atoms with Crippen molar-refractivity contribution < 1.29 is 9.53 Å². The highest BCUT2D eigenvalue weighted by atomic mass is 35.5. The van der Waals surface area contributed by atoms with Crippen LogP contribution in [-0.4, -0.2) is 32.7 Å². The summed E-state index contributed by atoms with van der Waals surface area (Å²) in [6.45, 7) is 3.40. The number of hydrogen-bond donors (Lipinski definition) is 1. The lowest BCUT2D eigenvalue weighted by Gasteiger charge is -2.19. The Morgan fingerprint density at radius 3 is 2.71 bits per heavy atom. The molecule has 128 valence electrons. The van der Waals surface area contributed by atoms with Crippen LogP contribution in [0.25, 0.3) is 0 Å². The Kier molecular flexibility index (Phi) is 6.94. The van der Waals surface area contributed by atoms with Gasteiger partial charge < -0.3 is 15.0 Å². The molecule has 5 heteroatoms. The normalized spacial score (nSPS) is 10.3. The van der Waals surface area contributed by atoms with Gasteiger partial charge >= 0.3 is 0 Å². The molecule has 0 aliphatic carbocycles. The Bertz CT molecular complexity index is 662. The van der Waals surface area contributed by atoms with Gasteiger partial charge in [-0.25, -0.2) is 0 Å². The van der Waals surface area contributed by atoms with Crippen molar-refractivity contribution >= 4 is 23.2 Å². The third-order valence-corrected chi connectivity index (χ3v) is 3.95. The fourth-order valence-corrected chi connectivity index (χ4v) is 2.44. The summed E-state index contributed by atoms with van der Waals surface area (Å²) < 4.78 is 5.47. The Balaban J connectivity index is 1.66. The van der Waals surface area contributed by atoms with E-state index in [1.165, 1.54) is 5.69 Å². The predicted octanol–water partition coefficient (Wildman–Crippen LogP) is 3.67. The number of rotatable bonds is 8. The van der Waals surface area contributed by atoms with Crippen LogP contribution in [-0.2, 0) is 4.79 Å². The lowest BCUT2D eigenvalue weighted by Crippen LogP contribution is -2.31. The number of hydrogen-bond acceptors (Lipinski definition) is 3. The van der Waals surface area contributed by atoms with Crippen molar-refractivity contribution in [2.24, 2.45) is 0 Å². The van der Waals surface area contributed by atoms with E-state index in [0.29, 0.717) is 17.3 Å². The minimum absolute atomic E-state index is 0.0301. The van der Waals surface area contributed by atoms with Gasteiger partial charge in [-0.2, -0.15) is 0 Å². The minimum atomic E-state index is -0.144. The smallest absolute Gasteiger partial charge is 0.257 e. The Hall–Kier alpha value is -2.20. The summed E-state index contributed by atoms with van der Waals surface area (Å²) in [6.07, 6.45) is 0.863. The second-order valence-corrected chi connectivity index (χ2v) is 6.09. The maximum Gasteiger partial charge on any atom is 0.257 e. The lowest BCUT2D eigenvalue weighted by atomic mass is 10.2. The summed E-state index contributed by atoms with van der Waals surface area (Å²) in [5.41, 5.74) is 2.21. The van der Waals surface area contributed by atoms with E-state index in [2.05, 4.69) is 22.3 Å². The largest absolute Gasteiger partial charge is 0.482 e. The Morgan fingerprint density at radius 2 is 1.96 bits per heavy atom. The van der Waals surface area contributed by atoms with Crippen LogP contribution in [0, 0.1) is 6.92 Å². The molecule has 2 aromatic carbocycles. The van der Waals surface area contributed by atoms with Crippen LogP contribution in [0.1, 0.15) is 12.0 Å². The standard InChI is InChI=1S/C19H23ClN2O2/c1-15-9-10-17(20)18(13-15)24-14-19(23)21-11-6-12-22(2)16-7-4-3-5-8-16/h3-5,7-10,13H,6,11-12,14H2,1-2H3,(H,21,23). The first-order valence-corrected chi connectivity index (χ1v) is 8.36. The maximum absolute atomic E-state index is 11.8. The number of aryl methyl sites for hydroxylation is 1. The number of ether oxygens (including phenoxy) is 1. The predicted molar refractivity (Wildman–Crippen MR) is 99.0 cm³/mol. The topological polar surface area (TPSA) is 41.6 Å². The zero-order valence-corrected chi connectivity index (χ0v) is 14.8. The van der Waals surface area contributed by atoms with E-state index in [9.17, 15) is 4.79 Å². The number of benzene rings is 2. The van der Waals surface area contributed by atoms with Gasteiger partial charge in [0.2, 0.25) is 0 Å². The number of carbonyl (C=O) groups excluding carboxylic acids is 1. The van der Waals surface area contributed by atoms with Gasteiger partial charge in [0.15, 0.2) is 6.61 Å². The zero-order valence-electron chi connectivity index (χ0n) is 14.1. The average molecular weight is 347 g/mol. The molecule has 0 saturated heterocycles. The van der Waals surface area contributed by atoms with E-state index in [-0.39, 0.29) is 12.5 Å². The highest BCUT2D eigenvalue weighted by molar-refractivity contribution is 6.32. The summed E-state index contributed by atoms with van der Waals surface area (Å²) in [6, 6.07) is 15.7. The van der Waals surface area contributed by atoms with Gasteiger partial charge in [0.25, 0.3) is 5.91 Å². The van der Waals surface area contributed by atoms with Crippen LogP contribution in [0.2, 0.25) is 5.02 Å². The molecule has 2 aromatic rings. The molecule has 0 heterocycles. The molecule has 0 fully saturated rings. The molecular formula is C19H23ClN2O2. The molecule has 24 heavy (non-hydrogen) atoms. The SMILES string of the molecule is Cc1ccc(Cl)c(OCC(=O)NCCCN(C)c2ccccc2)c1. The molecule has 0 atom stereocenters. The van der Waals surface area contributed by atoms with Crippen molar-refractivity contribution in [2.45, 2.75) is 13.3 Å². The van der Waals surface area contributed by atoms with E-state index in [1.54, 1.807) is 6.07 Å². The summed E-state index contributed by atoms with van der Waals surface area (Å²) in [5.74, 6) is 0.394. The number of para-hydroxylation sites is 1. The molecule has 1 N–H and O–H groups in total. The van der Waals surface area contributed by atoms with Crippen molar-refractivity contribution in [3.8, 4) is 5.75 Å². The molecule has 0 aromatic heterocycles. The van der Waals surface area contributed by atoms with Crippen LogP contribution < -0.4 is 15.0 Å². The van der Waals surface area contributed by atoms with Gasteiger partial charge in [0, 0.05) is 25.8 Å². The molecule has 0 spiro atoms. The minimum Gasteiger partial charge on any atom is -0.482 e. The average Bonchev–Trinajstić information content (AvgIpc) is 2.60. The first-order chi connectivity index (χ1) is 11.6. The zero-order chi connectivity index (χ0) is 17.4.